The third kappa shape index (κ3) is 4.57. The van der Waals surface area contributed by atoms with Crippen molar-refractivity contribution in [2.75, 3.05) is 26.2 Å². The summed E-state index contributed by atoms with van der Waals surface area (Å²) in [4.78, 5) is 13.5. The van der Waals surface area contributed by atoms with Gasteiger partial charge in [-0.05, 0) is 36.9 Å². The van der Waals surface area contributed by atoms with Crippen LogP contribution in [0.25, 0.3) is 0 Å². The molecule has 1 unspecified atom stereocenters. The van der Waals surface area contributed by atoms with Crippen molar-refractivity contribution in [1.82, 2.24) is 4.90 Å². The van der Waals surface area contributed by atoms with Crippen LogP contribution >= 0.6 is 0 Å². The highest BCUT2D eigenvalue weighted by molar-refractivity contribution is 5.70. The van der Waals surface area contributed by atoms with E-state index in [9.17, 15) is 9.90 Å². The Bertz CT molecular complexity index is 677. The van der Waals surface area contributed by atoms with E-state index in [1.807, 2.05) is 36.4 Å². The Hall–Kier alpha value is -2.17. The number of hydrogen-bond acceptors (Lipinski definition) is 3. The Kier molecular flexibility index (Phi) is 6.64. The minimum Gasteiger partial charge on any atom is -0.481 e. The number of benzene rings is 2. The van der Waals surface area contributed by atoms with Gasteiger partial charge in [-0.25, -0.2) is 0 Å². The van der Waals surface area contributed by atoms with E-state index in [-0.39, 0.29) is 5.92 Å². The number of hydrogen-bond donors (Lipinski definition) is 1. The lowest BCUT2D eigenvalue weighted by molar-refractivity contribution is -0.143. The first kappa shape index (κ1) is 19.6. The molecule has 27 heavy (non-hydrogen) atoms. The van der Waals surface area contributed by atoms with Crippen LogP contribution in [0.3, 0.4) is 0 Å². The average Bonchev–Trinajstić information content (AvgIpc) is 2.73. The fourth-order valence-corrected chi connectivity index (χ4v) is 4.07. The Morgan fingerprint density at radius 2 is 1.70 bits per heavy atom. The van der Waals surface area contributed by atoms with Crippen molar-refractivity contribution < 1.29 is 14.6 Å². The second-order valence-electron chi connectivity index (χ2n) is 7.24. The predicted octanol–water partition coefficient (Wildman–Crippen LogP) is 4.15. The van der Waals surface area contributed by atoms with Gasteiger partial charge < -0.3 is 14.7 Å². The summed E-state index contributed by atoms with van der Waals surface area (Å²) in [5.41, 5.74) is 1.83. The molecule has 0 saturated carbocycles. The smallest absolute Gasteiger partial charge is 0.307 e. The zero-order valence-electron chi connectivity index (χ0n) is 16.0. The van der Waals surface area contributed by atoms with Gasteiger partial charge in [-0.15, -0.1) is 0 Å². The molecule has 0 bridgehead atoms. The third-order valence-electron chi connectivity index (χ3n) is 5.59. The molecule has 2 aromatic rings. The molecule has 4 nitrogen and oxygen atoms in total. The minimum atomic E-state index is -0.683. The molecule has 0 aliphatic carbocycles. The summed E-state index contributed by atoms with van der Waals surface area (Å²) < 4.78 is 6.56. The number of carboxylic acids is 1. The maximum Gasteiger partial charge on any atom is 0.307 e. The zero-order chi connectivity index (χ0) is 19.1. The number of aliphatic carboxylic acids is 1. The number of carboxylic acid groups (broad SMARTS) is 1. The van der Waals surface area contributed by atoms with Crippen LogP contribution in [0.4, 0.5) is 0 Å². The molecule has 0 radical (unpaired) electrons. The Labute approximate surface area is 161 Å². The highest BCUT2D eigenvalue weighted by Gasteiger charge is 2.34. The van der Waals surface area contributed by atoms with Gasteiger partial charge in [0, 0.05) is 13.1 Å². The van der Waals surface area contributed by atoms with Crippen molar-refractivity contribution in [3.63, 3.8) is 0 Å². The SMILES string of the molecule is CCC(OCCN1CCCC(C(=O)O)C1)(c1ccccc1)c1ccccc1. The molecule has 1 aliphatic rings. The average molecular weight is 367 g/mol. The molecule has 1 atom stereocenters. The summed E-state index contributed by atoms with van der Waals surface area (Å²) in [5, 5.41) is 9.29. The van der Waals surface area contributed by atoms with Gasteiger partial charge in [0.25, 0.3) is 0 Å². The van der Waals surface area contributed by atoms with Crippen LogP contribution in [-0.4, -0.2) is 42.2 Å². The molecular weight excluding hydrogens is 338 g/mol. The summed E-state index contributed by atoms with van der Waals surface area (Å²) in [6.45, 7) is 5.05. The number of piperidine rings is 1. The first-order valence-electron chi connectivity index (χ1n) is 9.86. The molecule has 1 fully saturated rings. The highest BCUT2D eigenvalue weighted by Crippen LogP contribution is 2.36. The zero-order valence-corrected chi connectivity index (χ0v) is 16.0. The fourth-order valence-electron chi connectivity index (χ4n) is 4.07. The van der Waals surface area contributed by atoms with Crippen LogP contribution in [0.2, 0.25) is 0 Å². The van der Waals surface area contributed by atoms with E-state index >= 15 is 0 Å². The molecular formula is C23H29NO3. The number of carbonyl (C=O) groups is 1. The van der Waals surface area contributed by atoms with Crippen LogP contribution in [0.15, 0.2) is 60.7 Å². The van der Waals surface area contributed by atoms with Crippen molar-refractivity contribution in [3.05, 3.63) is 71.8 Å². The van der Waals surface area contributed by atoms with Gasteiger partial charge in [-0.3, -0.25) is 4.79 Å². The molecule has 4 heteroatoms. The third-order valence-corrected chi connectivity index (χ3v) is 5.59. The molecule has 0 spiro atoms. The number of ether oxygens (including phenoxy) is 1. The minimum absolute atomic E-state index is 0.252. The number of rotatable bonds is 8. The first-order chi connectivity index (χ1) is 13.2. The highest BCUT2D eigenvalue weighted by atomic mass is 16.5. The largest absolute Gasteiger partial charge is 0.481 e. The molecule has 1 heterocycles. The standard InChI is InChI=1S/C23H29NO3/c1-2-23(20-11-5-3-6-12-20,21-13-7-4-8-14-21)27-17-16-24-15-9-10-19(18-24)22(25)26/h3-8,11-14,19H,2,9-10,15-18H2,1H3,(H,25,26). The quantitative estimate of drug-likeness (QED) is 0.761. The van der Waals surface area contributed by atoms with Crippen LogP contribution < -0.4 is 0 Å². The second kappa shape index (κ2) is 9.16. The van der Waals surface area contributed by atoms with Crippen LogP contribution in [0, 0.1) is 5.92 Å². The van der Waals surface area contributed by atoms with E-state index in [1.54, 1.807) is 0 Å². The number of likely N-dealkylation sites (tertiary alicyclic amines) is 1. The second-order valence-corrected chi connectivity index (χ2v) is 7.24. The van der Waals surface area contributed by atoms with E-state index in [0.29, 0.717) is 13.2 Å². The van der Waals surface area contributed by atoms with E-state index in [4.69, 9.17) is 4.74 Å². The summed E-state index contributed by atoms with van der Waals surface area (Å²) in [6.07, 6.45) is 2.55. The first-order valence-corrected chi connectivity index (χ1v) is 9.86. The van der Waals surface area contributed by atoms with Gasteiger partial charge in [0.1, 0.15) is 5.60 Å². The summed E-state index contributed by atoms with van der Waals surface area (Å²) >= 11 is 0. The normalized spacial score (nSPS) is 18.3. The maximum absolute atomic E-state index is 11.3. The lowest BCUT2D eigenvalue weighted by Crippen LogP contribution is -2.41. The van der Waals surface area contributed by atoms with Crippen molar-refractivity contribution in [2.45, 2.75) is 31.8 Å². The molecule has 2 aromatic carbocycles. The van der Waals surface area contributed by atoms with Gasteiger partial charge in [0.2, 0.25) is 0 Å². The van der Waals surface area contributed by atoms with Crippen LogP contribution in [0.5, 0.6) is 0 Å². The maximum atomic E-state index is 11.3. The van der Waals surface area contributed by atoms with Gasteiger partial charge in [0.15, 0.2) is 0 Å². The lowest BCUT2D eigenvalue weighted by atomic mass is 9.84. The topological polar surface area (TPSA) is 49.8 Å². The van der Waals surface area contributed by atoms with E-state index in [2.05, 4.69) is 36.1 Å². The van der Waals surface area contributed by atoms with Crippen molar-refractivity contribution in [2.24, 2.45) is 5.92 Å². The summed E-state index contributed by atoms with van der Waals surface area (Å²) in [5.74, 6) is -0.935. The van der Waals surface area contributed by atoms with Crippen molar-refractivity contribution >= 4 is 5.97 Å². The van der Waals surface area contributed by atoms with Gasteiger partial charge in [-0.1, -0.05) is 67.6 Å². The van der Waals surface area contributed by atoms with Gasteiger partial charge >= 0.3 is 5.97 Å². The van der Waals surface area contributed by atoms with Crippen molar-refractivity contribution in [3.8, 4) is 0 Å². The monoisotopic (exact) mass is 367 g/mol. The Morgan fingerprint density at radius 1 is 1.11 bits per heavy atom. The molecule has 1 saturated heterocycles. The van der Waals surface area contributed by atoms with Crippen molar-refractivity contribution in [1.29, 1.82) is 0 Å². The molecule has 0 amide bonds. The molecule has 3 rings (SSSR count). The van der Waals surface area contributed by atoms with Crippen LogP contribution in [-0.2, 0) is 15.1 Å². The van der Waals surface area contributed by atoms with Gasteiger partial charge in [0.05, 0.1) is 12.5 Å². The lowest BCUT2D eigenvalue weighted by Gasteiger charge is -2.36. The molecule has 144 valence electrons. The van der Waals surface area contributed by atoms with E-state index < -0.39 is 11.6 Å². The Balaban J connectivity index is 1.74. The molecule has 1 N–H and O–H groups in total. The summed E-state index contributed by atoms with van der Waals surface area (Å²) in [7, 11) is 0. The predicted molar refractivity (Wildman–Crippen MR) is 107 cm³/mol. The van der Waals surface area contributed by atoms with E-state index in [0.717, 1.165) is 43.5 Å². The summed E-state index contributed by atoms with van der Waals surface area (Å²) in [6, 6.07) is 20.7. The Morgan fingerprint density at radius 3 is 2.22 bits per heavy atom. The number of nitrogens with zero attached hydrogens (tertiary/aromatic N) is 1. The van der Waals surface area contributed by atoms with Crippen LogP contribution in [0.1, 0.15) is 37.3 Å². The van der Waals surface area contributed by atoms with Gasteiger partial charge in [-0.2, -0.15) is 0 Å². The fraction of sp³-hybridized carbons (Fsp3) is 0.435. The molecule has 1 aliphatic heterocycles. The van der Waals surface area contributed by atoms with E-state index in [1.165, 1.54) is 0 Å². The molecule has 0 aromatic heterocycles.